The first-order valence-corrected chi connectivity index (χ1v) is 23.2. The number of benzene rings is 3. The van der Waals surface area contributed by atoms with Crippen molar-refractivity contribution in [3.8, 4) is 34.9 Å². The van der Waals surface area contributed by atoms with Crippen molar-refractivity contribution >= 4 is 105 Å². The van der Waals surface area contributed by atoms with Crippen molar-refractivity contribution < 1.29 is 39.1 Å². The molecule has 0 bridgehead atoms. The largest absolute Gasteiger partial charge is 0.481 e. The number of carbonyl (C=O) groups is 2. The van der Waals surface area contributed by atoms with Gasteiger partial charge in [0.05, 0.1) is 43.0 Å². The molecule has 0 saturated heterocycles. The fourth-order valence-corrected chi connectivity index (χ4v) is 8.26. The molecule has 6 rings (SSSR count). The molecule has 0 saturated carbocycles. The number of aromatic nitrogens is 6. The molecule has 0 unspecified atom stereocenters. The number of rotatable bonds is 15. The first-order valence-electron chi connectivity index (χ1n) is 20.1. The predicted octanol–water partition coefficient (Wildman–Crippen LogP) is 13.5. The van der Waals surface area contributed by atoms with Crippen LogP contribution < -0.4 is 19.8 Å². The van der Waals surface area contributed by atoms with Crippen molar-refractivity contribution in [3.63, 3.8) is 0 Å². The van der Waals surface area contributed by atoms with Crippen LogP contribution in [-0.2, 0) is 28.9 Å². The molecule has 6 aromatic rings. The SMILES string of the molecule is CC(C)c1cc(Oc2c(Cl)cc(CC(=O)O)cc2Cl)n[nH]c1=O.CC(C)c1cc(Oc2c(Cl)cc(CC(=O)O)cc2Cl)nnc1Cl.CC(C)c1cc(Oc2c(Cl)cc(CCO)cc2Cl)nnc1Cl. The second kappa shape index (κ2) is 25.8. The Balaban J connectivity index is 0.000000222. The van der Waals surface area contributed by atoms with Gasteiger partial charge in [-0.05, 0) is 88.4 Å². The van der Waals surface area contributed by atoms with Crippen LogP contribution in [-0.4, -0.2) is 64.5 Å². The van der Waals surface area contributed by atoms with Gasteiger partial charge < -0.3 is 29.5 Å². The molecule has 0 radical (unpaired) electrons. The summed E-state index contributed by atoms with van der Waals surface area (Å²) in [6.07, 6.45) is 0.0874. The normalized spacial score (nSPS) is 10.9. The highest BCUT2D eigenvalue weighted by atomic mass is 35.5. The number of H-pyrrole nitrogens is 1. The maximum atomic E-state index is 11.7. The molecule has 3 heterocycles. The average molecular weight is 1090 g/mol. The number of aliphatic hydroxyl groups excluding tert-OH is 1. The molecule has 362 valence electrons. The van der Waals surface area contributed by atoms with Gasteiger partial charge in [-0.2, -0.15) is 0 Å². The minimum atomic E-state index is -0.991. The van der Waals surface area contributed by atoms with E-state index in [9.17, 15) is 14.4 Å². The van der Waals surface area contributed by atoms with Crippen LogP contribution in [0.5, 0.6) is 34.9 Å². The molecule has 3 aromatic carbocycles. The lowest BCUT2D eigenvalue weighted by Crippen LogP contribution is -2.15. The van der Waals surface area contributed by atoms with Gasteiger partial charge >= 0.3 is 11.9 Å². The monoisotopic (exact) mass is 1090 g/mol. The van der Waals surface area contributed by atoms with Crippen LogP contribution in [0.3, 0.4) is 0 Å². The van der Waals surface area contributed by atoms with Crippen molar-refractivity contribution in [3.05, 3.63) is 139 Å². The molecule has 15 nitrogen and oxygen atoms in total. The topological polar surface area (TPSA) is 220 Å². The third-order valence-corrected chi connectivity index (χ3v) is 11.4. The predicted molar refractivity (Wildman–Crippen MR) is 264 cm³/mol. The molecule has 0 aliphatic carbocycles. The fraction of sp³-hybridized carbons (Fsp3) is 0.289. The van der Waals surface area contributed by atoms with Gasteiger partial charge in [-0.3, -0.25) is 14.4 Å². The number of hydrogen-bond donors (Lipinski definition) is 4. The maximum absolute atomic E-state index is 11.7. The number of aliphatic hydroxyl groups is 1. The molecule has 0 aliphatic heterocycles. The summed E-state index contributed by atoms with van der Waals surface area (Å²) < 4.78 is 16.8. The van der Waals surface area contributed by atoms with Crippen LogP contribution in [0.2, 0.25) is 40.4 Å². The number of carboxylic acid groups (broad SMARTS) is 2. The minimum absolute atomic E-state index is 0.00649. The summed E-state index contributed by atoms with van der Waals surface area (Å²) in [5, 5.41) is 50.2. The molecule has 68 heavy (non-hydrogen) atoms. The zero-order chi connectivity index (χ0) is 50.6. The number of carboxylic acids is 2. The van der Waals surface area contributed by atoms with Crippen molar-refractivity contribution in [2.75, 3.05) is 6.61 Å². The molecular weight excluding hydrogens is 1050 g/mol. The summed E-state index contributed by atoms with van der Waals surface area (Å²) in [5.41, 5.74) is 3.60. The van der Waals surface area contributed by atoms with Gasteiger partial charge in [0.25, 0.3) is 5.56 Å². The van der Waals surface area contributed by atoms with Crippen LogP contribution in [0.15, 0.2) is 59.4 Å². The first kappa shape index (κ1) is 55.9. The minimum Gasteiger partial charge on any atom is -0.481 e. The van der Waals surface area contributed by atoms with E-state index in [-0.39, 0.29) is 92.0 Å². The van der Waals surface area contributed by atoms with Crippen molar-refractivity contribution in [1.82, 2.24) is 30.6 Å². The van der Waals surface area contributed by atoms with E-state index >= 15 is 0 Å². The Bertz CT molecular complexity index is 2760. The number of nitrogens with zero attached hydrogens (tertiary/aromatic N) is 5. The maximum Gasteiger partial charge on any atom is 0.307 e. The quantitative estimate of drug-likeness (QED) is 0.0752. The molecule has 0 amide bonds. The van der Waals surface area contributed by atoms with E-state index in [2.05, 4.69) is 30.6 Å². The Labute approximate surface area is 430 Å². The lowest BCUT2D eigenvalue weighted by molar-refractivity contribution is -0.137. The lowest BCUT2D eigenvalue weighted by atomic mass is 10.1. The Hall–Kier alpha value is -4.68. The Morgan fingerprint density at radius 3 is 1.16 bits per heavy atom. The van der Waals surface area contributed by atoms with E-state index in [1.165, 1.54) is 30.3 Å². The number of aliphatic carboxylic acids is 2. The van der Waals surface area contributed by atoms with Gasteiger partial charge in [-0.1, -0.05) is 134 Å². The Kier molecular flexibility index (Phi) is 21.2. The third kappa shape index (κ3) is 16.2. The molecular formula is C45H42Cl8N6O9. The molecule has 3 aromatic heterocycles. The lowest BCUT2D eigenvalue weighted by Gasteiger charge is -2.12. The fourth-order valence-electron chi connectivity index (χ4n) is 5.81. The second-order valence-electron chi connectivity index (χ2n) is 15.4. The van der Waals surface area contributed by atoms with Crippen LogP contribution in [0.4, 0.5) is 0 Å². The van der Waals surface area contributed by atoms with E-state index in [0.717, 1.165) is 16.7 Å². The summed E-state index contributed by atoms with van der Waals surface area (Å²) in [4.78, 5) is 33.2. The van der Waals surface area contributed by atoms with Gasteiger partial charge in [-0.15, -0.1) is 25.5 Å². The zero-order valence-electron chi connectivity index (χ0n) is 36.8. The van der Waals surface area contributed by atoms with Crippen LogP contribution >= 0.6 is 92.8 Å². The Morgan fingerprint density at radius 2 is 0.838 bits per heavy atom. The van der Waals surface area contributed by atoms with Gasteiger partial charge in [0.2, 0.25) is 17.6 Å². The number of halogens is 8. The highest BCUT2D eigenvalue weighted by molar-refractivity contribution is 6.38. The molecule has 0 aliphatic rings. The van der Waals surface area contributed by atoms with Crippen LogP contribution in [0, 0.1) is 0 Å². The summed E-state index contributed by atoms with van der Waals surface area (Å²) >= 11 is 48.8. The summed E-state index contributed by atoms with van der Waals surface area (Å²) in [5.74, 6) is -0.393. The van der Waals surface area contributed by atoms with Crippen LogP contribution in [0.25, 0.3) is 0 Å². The second-order valence-corrected chi connectivity index (χ2v) is 18.6. The third-order valence-electron chi connectivity index (χ3n) is 9.09. The van der Waals surface area contributed by atoms with Gasteiger partial charge in [-0.25, -0.2) is 5.10 Å². The summed E-state index contributed by atoms with van der Waals surface area (Å²) in [7, 11) is 0. The Morgan fingerprint density at radius 1 is 0.515 bits per heavy atom. The molecule has 0 fully saturated rings. The first-order chi connectivity index (χ1) is 32.0. The molecule has 0 spiro atoms. The van der Waals surface area contributed by atoms with Gasteiger partial charge in [0, 0.05) is 30.4 Å². The van der Waals surface area contributed by atoms with Crippen molar-refractivity contribution in [2.45, 2.75) is 78.6 Å². The number of nitrogens with one attached hydrogen (secondary N) is 1. The zero-order valence-corrected chi connectivity index (χ0v) is 42.9. The van der Waals surface area contributed by atoms with E-state index in [4.69, 9.17) is 122 Å². The smallest absolute Gasteiger partial charge is 0.307 e. The molecule has 23 heteroatoms. The van der Waals surface area contributed by atoms with E-state index < -0.39 is 11.9 Å². The van der Waals surface area contributed by atoms with E-state index in [1.54, 1.807) is 24.3 Å². The standard InChI is InChI=1S/C15H13Cl3N2O3.C15H15Cl3N2O2.C15H14Cl2N2O4/c1-7(2)9-6-12(19-20-15(9)18)23-14-10(16)3-8(4-11(14)17)5-13(21)22;1-8(2)10-7-13(19-20-15(10)18)22-14-11(16)5-9(3-4-21)6-12(14)17;1-7(2)9-6-12(18-19-15(9)22)23-14-10(16)3-8(4-11(14)17)5-13(20)21/h3-4,6-7H,5H2,1-2H3,(H,21,22);5-8,21H,3-4H2,1-2H3;3-4,6-7H,5H2,1-2H3,(H,19,22)(H,20,21). The van der Waals surface area contributed by atoms with Crippen molar-refractivity contribution in [2.24, 2.45) is 0 Å². The number of aromatic amines is 1. The molecule has 0 atom stereocenters. The highest BCUT2D eigenvalue weighted by Gasteiger charge is 2.19. The highest BCUT2D eigenvalue weighted by Crippen LogP contribution is 2.40. The van der Waals surface area contributed by atoms with E-state index in [0.29, 0.717) is 49.2 Å². The van der Waals surface area contributed by atoms with Crippen LogP contribution in [0.1, 0.15) is 92.7 Å². The van der Waals surface area contributed by atoms with Gasteiger partial charge in [0.1, 0.15) is 0 Å². The molecule has 4 N–H and O–H groups in total. The van der Waals surface area contributed by atoms with E-state index in [1.807, 2.05) is 41.5 Å². The number of ether oxygens (including phenoxy) is 3. The van der Waals surface area contributed by atoms with Gasteiger partial charge in [0.15, 0.2) is 27.6 Å². The van der Waals surface area contributed by atoms with Crippen molar-refractivity contribution in [1.29, 1.82) is 0 Å². The number of hydrogen-bond acceptors (Lipinski definition) is 12. The summed E-state index contributed by atoms with van der Waals surface area (Å²) in [6.45, 7) is 11.7. The summed E-state index contributed by atoms with van der Waals surface area (Å²) in [6, 6.07) is 14.2. The average Bonchev–Trinajstić information content (AvgIpc) is 3.23.